The quantitative estimate of drug-likeness (QED) is 0.861. The van der Waals surface area contributed by atoms with Crippen LogP contribution in [0.15, 0.2) is 40.9 Å². The number of nitrogens with one attached hydrogen (secondary N) is 1. The van der Waals surface area contributed by atoms with E-state index in [4.69, 9.17) is 4.52 Å². The van der Waals surface area contributed by atoms with E-state index in [-0.39, 0.29) is 11.8 Å². The zero-order valence-corrected chi connectivity index (χ0v) is 13.2. The molecule has 1 aliphatic rings. The highest BCUT2D eigenvalue weighted by Crippen LogP contribution is 2.48. The van der Waals surface area contributed by atoms with Crippen molar-refractivity contribution in [3.8, 4) is 0 Å². The Morgan fingerprint density at radius 3 is 2.52 bits per heavy atom. The summed E-state index contributed by atoms with van der Waals surface area (Å²) < 4.78 is 4.94. The summed E-state index contributed by atoms with van der Waals surface area (Å²) in [5.41, 5.74) is -0.185. The summed E-state index contributed by atoms with van der Waals surface area (Å²) in [6.07, 6.45) is 1.11. The zero-order valence-electron chi connectivity index (χ0n) is 13.2. The van der Waals surface area contributed by atoms with Crippen molar-refractivity contribution in [3.05, 3.63) is 42.2 Å². The summed E-state index contributed by atoms with van der Waals surface area (Å²) in [4.78, 5) is 27.1. The van der Waals surface area contributed by atoms with Crippen LogP contribution in [0.25, 0.3) is 0 Å². The van der Waals surface area contributed by atoms with Gasteiger partial charge in [-0.2, -0.15) is 0 Å². The van der Waals surface area contributed by atoms with Gasteiger partial charge in [-0.3, -0.25) is 9.59 Å². The van der Waals surface area contributed by atoms with Crippen LogP contribution in [-0.2, 0) is 9.59 Å². The molecule has 1 aromatic carbocycles. The van der Waals surface area contributed by atoms with Crippen LogP contribution in [0.3, 0.4) is 0 Å². The molecule has 0 atom stereocenters. The number of aromatic nitrogens is 1. The van der Waals surface area contributed by atoms with Crippen LogP contribution in [0, 0.1) is 12.3 Å². The van der Waals surface area contributed by atoms with Crippen molar-refractivity contribution in [2.45, 2.75) is 26.7 Å². The number of amides is 2. The molecule has 0 unspecified atom stereocenters. The summed E-state index contributed by atoms with van der Waals surface area (Å²) in [6, 6.07) is 11.0. The summed E-state index contributed by atoms with van der Waals surface area (Å²) in [5, 5.41) is 6.43. The fourth-order valence-electron chi connectivity index (χ4n) is 2.63. The third kappa shape index (κ3) is 2.84. The molecular weight excluding hydrogens is 294 g/mol. The fourth-order valence-corrected chi connectivity index (χ4v) is 2.63. The van der Waals surface area contributed by atoms with Crippen molar-refractivity contribution < 1.29 is 14.1 Å². The first kappa shape index (κ1) is 15.3. The number of aryl methyl sites for hydroxylation is 1. The largest absolute Gasteiger partial charge is 0.360 e. The van der Waals surface area contributed by atoms with E-state index in [0.29, 0.717) is 31.0 Å². The Morgan fingerprint density at radius 1 is 1.30 bits per heavy atom. The molecule has 120 valence electrons. The lowest BCUT2D eigenvalue weighted by molar-refractivity contribution is -0.132. The maximum Gasteiger partial charge on any atom is 0.242 e. The summed E-state index contributed by atoms with van der Waals surface area (Å²) in [7, 11) is 0. The average Bonchev–Trinajstić information content (AvgIpc) is 3.27. The Bertz CT molecular complexity index is 720. The van der Waals surface area contributed by atoms with E-state index >= 15 is 0 Å². The molecule has 3 rings (SSSR count). The second kappa shape index (κ2) is 5.87. The summed E-state index contributed by atoms with van der Waals surface area (Å²) in [5.74, 6) is 0.472. The van der Waals surface area contributed by atoms with Gasteiger partial charge in [-0.15, -0.1) is 0 Å². The number of carbonyl (C=O) groups excluding carboxylic acids is 2. The second-order valence-electron chi connectivity index (χ2n) is 5.74. The number of hydrogen-bond donors (Lipinski definition) is 1. The minimum Gasteiger partial charge on any atom is -0.360 e. The van der Waals surface area contributed by atoms with Crippen LogP contribution in [0.1, 0.15) is 25.5 Å². The van der Waals surface area contributed by atoms with Crippen LogP contribution < -0.4 is 10.2 Å². The van der Waals surface area contributed by atoms with Crippen molar-refractivity contribution in [3.63, 3.8) is 0 Å². The first-order valence-electron chi connectivity index (χ1n) is 7.68. The molecule has 0 saturated heterocycles. The molecule has 6 nitrogen and oxygen atoms in total. The number of hydrogen-bond acceptors (Lipinski definition) is 4. The zero-order chi connectivity index (χ0) is 16.4. The number of rotatable bonds is 5. The summed E-state index contributed by atoms with van der Waals surface area (Å²) in [6.45, 7) is 4.16. The lowest BCUT2D eigenvalue weighted by Crippen LogP contribution is -2.43. The number of nitrogens with zero attached hydrogens (tertiary/aromatic N) is 2. The third-order valence-corrected chi connectivity index (χ3v) is 4.09. The van der Waals surface area contributed by atoms with Gasteiger partial charge >= 0.3 is 0 Å². The van der Waals surface area contributed by atoms with E-state index in [1.54, 1.807) is 17.9 Å². The molecule has 6 heteroatoms. The second-order valence-corrected chi connectivity index (χ2v) is 5.74. The molecule has 2 amide bonds. The topological polar surface area (TPSA) is 75.4 Å². The SMILES string of the molecule is CCN(C(=O)C1(C(=O)Nc2cc(C)on2)CC1)c1ccccc1. The van der Waals surface area contributed by atoms with Crippen molar-refractivity contribution in [1.82, 2.24) is 5.16 Å². The lowest BCUT2D eigenvalue weighted by Gasteiger charge is -2.25. The van der Waals surface area contributed by atoms with Gasteiger partial charge in [0.2, 0.25) is 11.8 Å². The van der Waals surface area contributed by atoms with Crippen molar-refractivity contribution >= 4 is 23.3 Å². The molecule has 23 heavy (non-hydrogen) atoms. The normalized spacial score (nSPS) is 15.0. The third-order valence-electron chi connectivity index (χ3n) is 4.09. The first-order chi connectivity index (χ1) is 11.1. The van der Waals surface area contributed by atoms with Crippen molar-refractivity contribution in [2.75, 3.05) is 16.8 Å². The molecule has 1 N–H and O–H groups in total. The number of carbonyl (C=O) groups is 2. The average molecular weight is 313 g/mol. The Balaban J connectivity index is 1.78. The van der Waals surface area contributed by atoms with E-state index in [2.05, 4.69) is 10.5 Å². The Kier molecular flexibility index (Phi) is 3.90. The Labute approximate surface area is 134 Å². The number of anilines is 2. The van der Waals surface area contributed by atoms with Crippen LogP contribution >= 0.6 is 0 Å². The fraction of sp³-hybridized carbons (Fsp3) is 0.353. The predicted molar refractivity (Wildman–Crippen MR) is 86.0 cm³/mol. The molecule has 1 heterocycles. The maximum atomic E-state index is 12.9. The highest BCUT2D eigenvalue weighted by atomic mass is 16.5. The van der Waals surface area contributed by atoms with Gasteiger partial charge in [-0.25, -0.2) is 0 Å². The van der Waals surface area contributed by atoms with Gasteiger partial charge in [0.05, 0.1) is 0 Å². The number of para-hydroxylation sites is 1. The van der Waals surface area contributed by atoms with Gasteiger partial charge < -0.3 is 14.7 Å². The Hall–Kier alpha value is -2.63. The Morgan fingerprint density at radius 2 is 2.00 bits per heavy atom. The van der Waals surface area contributed by atoms with Gasteiger partial charge in [0.25, 0.3) is 0 Å². The van der Waals surface area contributed by atoms with E-state index < -0.39 is 5.41 Å². The van der Waals surface area contributed by atoms with Crippen LogP contribution in [-0.4, -0.2) is 23.5 Å². The lowest BCUT2D eigenvalue weighted by atomic mass is 10.0. The van der Waals surface area contributed by atoms with E-state index in [0.717, 1.165) is 5.69 Å². The molecule has 1 aliphatic carbocycles. The van der Waals surface area contributed by atoms with Crippen molar-refractivity contribution in [1.29, 1.82) is 0 Å². The minimum absolute atomic E-state index is 0.163. The van der Waals surface area contributed by atoms with Gasteiger partial charge in [0.15, 0.2) is 5.82 Å². The molecule has 1 fully saturated rings. The van der Waals surface area contributed by atoms with Gasteiger partial charge in [0, 0.05) is 18.3 Å². The van der Waals surface area contributed by atoms with E-state index in [9.17, 15) is 9.59 Å². The minimum atomic E-state index is -0.987. The predicted octanol–water partition coefficient (Wildman–Crippen LogP) is 2.75. The molecule has 1 aromatic heterocycles. The van der Waals surface area contributed by atoms with Crippen LogP contribution in [0.4, 0.5) is 11.5 Å². The standard InChI is InChI=1S/C17H19N3O3/c1-3-20(13-7-5-4-6-8-13)16(22)17(9-10-17)15(21)18-14-11-12(2)23-19-14/h4-8,11H,3,9-10H2,1-2H3,(H,18,19,21). The summed E-state index contributed by atoms with van der Waals surface area (Å²) >= 11 is 0. The van der Waals surface area contributed by atoms with E-state index in [1.807, 2.05) is 37.3 Å². The van der Waals surface area contributed by atoms with Gasteiger partial charge in [-0.05, 0) is 38.8 Å². The van der Waals surface area contributed by atoms with Gasteiger partial charge in [-0.1, -0.05) is 23.4 Å². The molecule has 2 aromatic rings. The van der Waals surface area contributed by atoms with Gasteiger partial charge in [0.1, 0.15) is 11.2 Å². The van der Waals surface area contributed by atoms with Crippen molar-refractivity contribution in [2.24, 2.45) is 5.41 Å². The maximum absolute atomic E-state index is 12.9. The molecule has 0 spiro atoms. The molecule has 0 aliphatic heterocycles. The first-order valence-corrected chi connectivity index (χ1v) is 7.68. The molecular formula is C17H19N3O3. The smallest absolute Gasteiger partial charge is 0.242 e. The molecule has 0 radical (unpaired) electrons. The van der Waals surface area contributed by atoms with E-state index in [1.165, 1.54) is 0 Å². The molecule has 0 bridgehead atoms. The highest BCUT2D eigenvalue weighted by molar-refractivity contribution is 6.17. The monoisotopic (exact) mass is 313 g/mol. The molecule has 1 saturated carbocycles. The highest BCUT2D eigenvalue weighted by Gasteiger charge is 2.58. The number of benzene rings is 1. The van der Waals surface area contributed by atoms with Crippen LogP contribution in [0.2, 0.25) is 0 Å². The van der Waals surface area contributed by atoms with Crippen LogP contribution in [0.5, 0.6) is 0 Å².